The fourth-order valence-electron chi connectivity index (χ4n) is 5.73. The zero-order chi connectivity index (χ0) is 15.1. The summed E-state index contributed by atoms with van der Waals surface area (Å²) in [7, 11) is 4.75. The molecular weight excluding hydrogens is 272 g/mol. The van der Waals surface area contributed by atoms with Crippen LogP contribution in [0.2, 0.25) is 0 Å². The molecule has 126 valence electrons. The molecule has 0 amide bonds. The Morgan fingerprint density at radius 1 is 0.727 bits per heavy atom. The third-order valence-electron chi connectivity index (χ3n) is 6.95. The average Bonchev–Trinajstić information content (AvgIpc) is 2.80. The van der Waals surface area contributed by atoms with Crippen molar-refractivity contribution in [2.75, 3.05) is 46.8 Å². The smallest absolute Gasteiger partial charge is 0.0623 e. The molecule has 4 fully saturated rings. The van der Waals surface area contributed by atoms with Crippen molar-refractivity contribution >= 4 is 0 Å². The first-order chi connectivity index (χ1) is 10.7. The summed E-state index contributed by atoms with van der Waals surface area (Å²) in [5.41, 5.74) is 0. The molecule has 4 heteroatoms. The Bertz CT molecular complexity index is 387. The van der Waals surface area contributed by atoms with Gasteiger partial charge in [0.1, 0.15) is 0 Å². The Hall–Kier alpha value is -0.160. The zero-order valence-corrected chi connectivity index (χ0v) is 14.6. The summed E-state index contributed by atoms with van der Waals surface area (Å²) >= 11 is 0. The fourth-order valence-corrected chi connectivity index (χ4v) is 5.73. The summed E-state index contributed by atoms with van der Waals surface area (Å²) in [6, 6.07) is 0.818. The second-order valence-electron chi connectivity index (χ2n) is 8.19. The van der Waals surface area contributed by atoms with Gasteiger partial charge >= 0.3 is 0 Å². The Balaban J connectivity index is 1.44. The number of nitrogens with zero attached hydrogens (tertiary/aromatic N) is 4. The molecule has 0 N–H and O–H groups in total. The molecule has 4 nitrogen and oxygen atoms in total. The molecule has 0 aromatic carbocycles. The van der Waals surface area contributed by atoms with Crippen LogP contribution in [0, 0.1) is 5.92 Å². The highest BCUT2D eigenvalue weighted by atomic mass is 15.4. The molecule has 4 aliphatic heterocycles. The van der Waals surface area contributed by atoms with Crippen molar-refractivity contribution in [2.45, 2.75) is 63.3 Å². The van der Waals surface area contributed by atoms with Crippen molar-refractivity contribution in [1.82, 2.24) is 19.6 Å². The number of fused-ring (bicyclic) bond motifs is 2. The van der Waals surface area contributed by atoms with Gasteiger partial charge in [-0.05, 0) is 58.7 Å². The summed E-state index contributed by atoms with van der Waals surface area (Å²) in [6.07, 6.45) is 11.3. The second-order valence-corrected chi connectivity index (χ2v) is 8.19. The first kappa shape index (κ1) is 15.4. The van der Waals surface area contributed by atoms with Crippen LogP contribution in [0.4, 0.5) is 0 Å². The van der Waals surface area contributed by atoms with E-state index in [4.69, 9.17) is 0 Å². The first-order valence-corrected chi connectivity index (χ1v) is 9.64. The van der Waals surface area contributed by atoms with Gasteiger partial charge in [-0.25, -0.2) is 0 Å². The van der Waals surface area contributed by atoms with Crippen molar-refractivity contribution in [2.24, 2.45) is 5.92 Å². The average molecular weight is 306 g/mol. The van der Waals surface area contributed by atoms with Crippen LogP contribution in [0.3, 0.4) is 0 Å². The van der Waals surface area contributed by atoms with Gasteiger partial charge in [0.15, 0.2) is 0 Å². The van der Waals surface area contributed by atoms with Crippen LogP contribution in [0.15, 0.2) is 0 Å². The fraction of sp³-hybridized carbons (Fsp3) is 1.00. The lowest BCUT2D eigenvalue weighted by Gasteiger charge is -2.48. The van der Waals surface area contributed by atoms with E-state index in [-0.39, 0.29) is 0 Å². The van der Waals surface area contributed by atoms with Gasteiger partial charge < -0.3 is 0 Å². The van der Waals surface area contributed by atoms with Crippen molar-refractivity contribution in [1.29, 1.82) is 0 Å². The Morgan fingerprint density at radius 3 is 2.45 bits per heavy atom. The van der Waals surface area contributed by atoms with Crippen LogP contribution in [0.25, 0.3) is 0 Å². The van der Waals surface area contributed by atoms with Gasteiger partial charge in [0.05, 0.1) is 12.3 Å². The third-order valence-corrected chi connectivity index (χ3v) is 6.95. The molecule has 0 spiro atoms. The maximum absolute atomic E-state index is 2.78. The van der Waals surface area contributed by atoms with E-state index < -0.39 is 0 Å². The lowest BCUT2D eigenvalue weighted by atomic mass is 9.91. The lowest BCUT2D eigenvalue weighted by molar-refractivity contribution is -0.0333. The molecule has 4 unspecified atom stereocenters. The monoisotopic (exact) mass is 306 g/mol. The Morgan fingerprint density at radius 2 is 1.59 bits per heavy atom. The van der Waals surface area contributed by atoms with Gasteiger partial charge in [-0.15, -0.1) is 0 Å². The van der Waals surface area contributed by atoms with Crippen molar-refractivity contribution in [3.63, 3.8) is 0 Å². The number of rotatable bonds is 1. The standard InChI is InChI=1S/C18H34N4/c1-19-9-6-11-22-14-15(13-18(19)22)16-8-12-21-10-5-3-4-7-17(21)20(16)2/h15-18H,3-14H2,1-2H3. The molecule has 4 atom stereocenters. The van der Waals surface area contributed by atoms with Crippen LogP contribution in [-0.4, -0.2) is 84.8 Å². The number of hydrogen-bond acceptors (Lipinski definition) is 4. The molecule has 22 heavy (non-hydrogen) atoms. The molecule has 0 saturated carbocycles. The second kappa shape index (κ2) is 6.39. The van der Waals surface area contributed by atoms with E-state index >= 15 is 0 Å². The van der Waals surface area contributed by atoms with Gasteiger partial charge in [-0.1, -0.05) is 12.8 Å². The highest BCUT2D eigenvalue weighted by Gasteiger charge is 2.44. The minimum Gasteiger partial charge on any atom is -0.291 e. The van der Waals surface area contributed by atoms with E-state index in [0.29, 0.717) is 0 Å². The lowest BCUT2D eigenvalue weighted by Crippen LogP contribution is -2.58. The minimum absolute atomic E-state index is 0.733. The van der Waals surface area contributed by atoms with E-state index in [0.717, 1.165) is 24.3 Å². The topological polar surface area (TPSA) is 13.0 Å². The maximum Gasteiger partial charge on any atom is 0.0623 e. The molecule has 4 aliphatic rings. The predicted octanol–water partition coefficient (Wildman–Crippen LogP) is 1.88. The van der Waals surface area contributed by atoms with Crippen LogP contribution in [-0.2, 0) is 0 Å². The minimum atomic E-state index is 0.733. The molecule has 0 aliphatic carbocycles. The normalized spacial score (nSPS) is 42.8. The first-order valence-electron chi connectivity index (χ1n) is 9.64. The molecule has 4 heterocycles. The molecule has 0 aromatic rings. The van der Waals surface area contributed by atoms with Gasteiger partial charge in [0.25, 0.3) is 0 Å². The van der Waals surface area contributed by atoms with Crippen LogP contribution >= 0.6 is 0 Å². The number of hydrogen-bond donors (Lipinski definition) is 0. The van der Waals surface area contributed by atoms with Crippen LogP contribution < -0.4 is 0 Å². The summed E-state index contributed by atoms with van der Waals surface area (Å²) in [6.45, 7) is 6.65. The highest BCUT2D eigenvalue weighted by molar-refractivity contribution is 4.96. The van der Waals surface area contributed by atoms with Crippen molar-refractivity contribution < 1.29 is 0 Å². The summed E-state index contributed by atoms with van der Waals surface area (Å²) < 4.78 is 0. The van der Waals surface area contributed by atoms with Crippen molar-refractivity contribution in [3.8, 4) is 0 Å². The summed E-state index contributed by atoms with van der Waals surface area (Å²) in [5.74, 6) is 0.890. The maximum atomic E-state index is 2.78. The van der Waals surface area contributed by atoms with Gasteiger partial charge in [0.2, 0.25) is 0 Å². The largest absolute Gasteiger partial charge is 0.291 e. The highest BCUT2D eigenvalue weighted by Crippen LogP contribution is 2.36. The van der Waals surface area contributed by atoms with E-state index in [9.17, 15) is 0 Å². The van der Waals surface area contributed by atoms with E-state index in [1.165, 1.54) is 77.7 Å². The molecule has 4 saturated heterocycles. The SMILES string of the molecule is CN1CCCN2CC(C3CCN4CCCCCC4N3C)CC12. The third kappa shape index (κ3) is 2.72. The predicted molar refractivity (Wildman–Crippen MR) is 90.7 cm³/mol. The van der Waals surface area contributed by atoms with E-state index in [2.05, 4.69) is 33.7 Å². The quantitative estimate of drug-likeness (QED) is 0.733. The summed E-state index contributed by atoms with van der Waals surface area (Å²) in [4.78, 5) is 10.9. The molecular formula is C18H34N4. The zero-order valence-electron chi connectivity index (χ0n) is 14.6. The van der Waals surface area contributed by atoms with Crippen molar-refractivity contribution in [3.05, 3.63) is 0 Å². The van der Waals surface area contributed by atoms with E-state index in [1.54, 1.807) is 0 Å². The molecule has 0 radical (unpaired) electrons. The summed E-state index contributed by atoms with van der Waals surface area (Å²) in [5, 5.41) is 0. The Labute approximate surface area is 136 Å². The molecule has 4 rings (SSSR count). The molecule has 0 bridgehead atoms. The Kier molecular flexibility index (Phi) is 4.46. The van der Waals surface area contributed by atoms with E-state index in [1.807, 2.05) is 0 Å². The van der Waals surface area contributed by atoms with Gasteiger partial charge in [-0.3, -0.25) is 19.6 Å². The van der Waals surface area contributed by atoms with Crippen LogP contribution in [0.1, 0.15) is 44.9 Å². The van der Waals surface area contributed by atoms with Gasteiger partial charge in [-0.2, -0.15) is 0 Å². The van der Waals surface area contributed by atoms with Gasteiger partial charge in [0, 0.05) is 32.2 Å². The van der Waals surface area contributed by atoms with Crippen LogP contribution in [0.5, 0.6) is 0 Å². The molecule has 0 aromatic heterocycles.